The number of hydrogen-bond acceptors (Lipinski definition) is 3. The highest BCUT2D eigenvalue weighted by atomic mass is 16.5. The smallest absolute Gasteiger partial charge is 0.335 e. The second-order valence-corrected chi connectivity index (χ2v) is 8.39. The molecule has 0 unspecified atom stereocenters. The molecule has 4 atom stereocenters. The molecular weight excluding hydrogens is 340 g/mol. The molecule has 1 fully saturated rings. The molecule has 1 saturated heterocycles. The molecule has 0 aliphatic carbocycles. The summed E-state index contributed by atoms with van der Waals surface area (Å²) in [6.07, 6.45) is 0.835. The summed E-state index contributed by atoms with van der Waals surface area (Å²) in [5.74, 6) is 0.238. The molecule has 27 heavy (non-hydrogen) atoms. The number of aromatic carboxylic acids is 1. The lowest BCUT2D eigenvalue weighted by molar-refractivity contribution is -0.153. The van der Waals surface area contributed by atoms with Gasteiger partial charge in [0.25, 0.3) is 0 Å². The molecule has 2 aliphatic heterocycles. The zero-order valence-electron chi connectivity index (χ0n) is 16.2. The van der Waals surface area contributed by atoms with Gasteiger partial charge in [-0.2, -0.15) is 0 Å². The molecule has 1 N–H and O–H groups in total. The van der Waals surface area contributed by atoms with Crippen LogP contribution in [-0.4, -0.2) is 22.8 Å². The zero-order chi connectivity index (χ0) is 19.3. The largest absolute Gasteiger partial charge is 0.487 e. The van der Waals surface area contributed by atoms with Crippen molar-refractivity contribution in [3.63, 3.8) is 0 Å². The first-order valence-electron chi connectivity index (χ1n) is 9.54. The molecule has 2 aliphatic rings. The van der Waals surface area contributed by atoms with Gasteiger partial charge < -0.3 is 14.6 Å². The highest BCUT2D eigenvalue weighted by Crippen LogP contribution is 2.53. The van der Waals surface area contributed by atoms with Crippen molar-refractivity contribution in [1.29, 1.82) is 0 Å². The van der Waals surface area contributed by atoms with Gasteiger partial charge in [0.1, 0.15) is 11.4 Å². The number of aryl methyl sites for hydroxylation is 1. The Morgan fingerprint density at radius 2 is 1.96 bits per heavy atom. The fraction of sp³-hybridized carbons (Fsp3) is 0.435. The van der Waals surface area contributed by atoms with Crippen LogP contribution in [0.25, 0.3) is 0 Å². The van der Waals surface area contributed by atoms with Gasteiger partial charge in [0.05, 0.1) is 17.8 Å². The molecule has 0 saturated carbocycles. The number of hydrogen-bond donors (Lipinski definition) is 1. The topological polar surface area (TPSA) is 55.8 Å². The van der Waals surface area contributed by atoms with Crippen LogP contribution in [0.4, 0.5) is 0 Å². The predicted molar refractivity (Wildman–Crippen MR) is 103 cm³/mol. The number of benzene rings is 2. The third kappa shape index (κ3) is 3.12. The second-order valence-electron chi connectivity index (χ2n) is 8.39. The van der Waals surface area contributed by atoms with Gasteiger partial charge in [-0.3, -0.25) is 0 Å². The van der Waals surface area contributed by atoms with Gasteiger partial charge in [0.15, 0.2) is 0 Å². The summed E-state index contributed by atoms with van der Waals surface area (Å²) < 4.78 is 12.8. The van der Waals surface area contributed by atoms with E-state index >= 15 is 0 Å². The van der Waals surface area contributed by atoms with Crippen molar-refractivity contribution in [2.75, 3.05) is 0 Å². The summed E-state index contributed by atoms with van der Waals surface area (Å²) >= 11 is 0. The van der Waals surface area contributed by atoms with Gasteiger partial charge in [-0.15, -0.1) is 0 Å². The third-order valence-electron chi connectivity index (χ3n) is 6.10. The lowest BCUT2D eigenvalue weighted by Crippen LogP contribution is -2.50. The summed E-state index contributed by atoms with van der Waals surface area (Å²) in [6, 6.07) is 13.7. The second kappa shape index (κ2) is 6.38. The number of rotatable bonds is 2. The van der Waals surface area contributed by atoms with Crippen molar-refractivity contribution >= 4 is 5.97 Å². The van der Waals surface area contributed by atoms with Crippen LogP contribution in [0.1, 0.15) is 66.3 Å². The SMILES string of the molecule is Cc1cccc([C@H]2C[C@H]3[C@H](O[C@H]2C)c2cc(C(=O)O)ccc2OC3(C)C)c1. The molecule has 0 radical (unpaired) electrons. The number of carboxylic acids is 1. The minimum atomic E-state index is -0.930. The van der Waals surface area contributed by atoms with Gasteiger partial charge in [-0.25, -0.2) is 4.79 Å². The standard InChI is InChI=1S/C23H26O4/c1-13-6-5-7-15(10-13)17-12-19-21(26-14(17)2)18-11-16(22(24)25)8-9-20(18)27-23(19,3)4/h5-11,14,17,19,21H,12H2,1-4H3,(H,24,25)/t14-,17-,19-,21+/m0/s1. The van der Waals surface area contributed by atoms with Crippen molar-refractivity contribution in [3.05, 3.63) is 64.7 Å². The van der Waals surface area contributed by atoms with E-state index < -0.39 is 5.97 Å². The highest BCUT2D eigenvalue weighted by molar-refractivity contribution is 5.88. The van der Waals surface area contributed by atoms with Crippen molar-refractivity contribution in [2.45, 2.75) is 57.8 Å². The molecule has 0 amide bonds. The molecular formula is C23H26O4. The first-order valence-corrected chi connectivity index (χ1v) is 9.54. The Morgan fingerprint density at radius 1 is 1.19 bits per heavy atom. The number of fused-ring (bicyclic) bond motifs is 3. The first-order chi connectivity index (χ1) is 12.8. The van der Waals surface area contributed by atoms with Gasteiger partial charge in [-0.05, 0) is 57.9 Å². The number of carboxylic acid groups (broad SMARTS) is 1. The monoisotopic (exact) mass is 366 g/mol. The molecule has 4 rings (SSSR count). The minimum absolute atomic E-state index is 0.0447. The van der Waals surface area contributed by atoms with Crippen LogP contribution in [0.3, 0.4) is 0 Å². The van der Waals surface area contributed by atoms with Gasteiger partial charge in [0, 0.05) is 17.4 Å². The summed E-state index contributed by atoms with van der Waals surface area (Å²) in [6.45, 7) is 8.43. The van der Waals surface area contributed by atoms with Crippen LogP contribution in [0, 0.1) is 12.8 Å². The Kier molecular flexibility index (Phi) is 4.26. The Bertz CT molecular complexity index is 886. The maximum absolute atomic E-state index is 11.4. The highest BCUT2D eigenvalue weighted by Gasteiger charge is 2.49. The van der Waals surface area contributed by atoms with Crippen molar-refractivity contribution < 1.29 is 19.4 Å². The Labute approximate surface area is 160 Å². The molecule has 2 aromatic carbocycles. The van der Waals surface area contributed by atoms with Crippen LogP contribution in [0.2, 0.25) is 0 Å². The lowest BCUT2D eigenvalue weighted by Gasteiger charge is -2.50. The molecule has 4 heteroatoms. The van der Waals surface area contributed by atoms with E-state index in [1.165, 1.54) is 11.1 Å². The van der Waals surface area contributed by atoms with Gasteiger partial charge >= 0.3 is 5.97 Å². The van der Waals surface area contributed by atoms with Crippen LogP contribution in [-0.2, 0) is 4.74 Å². The summed E-state index contributed by atoms with van der Waals surface area (Å²) in [5.41, 5.74) is 3.28. The first kappa shape index (κ1) is 18.1. The third-order valence-corrected chi connectivity index (χ3v) is 6.10. The van der Waals surface area contributed by atoms with E-state index in [4.69, 9.17) is 9.47 Å². The summed E-state index contributed by atoms with van der Waals surface area (Å²) in [5, 5.41) is 9.37. The zero-order valence-corrected chi connectivity index (χ0v) is 16.2. The fourth-order valence-corrected chi connectivity index (χ4v) is 4.61. The van der Waals surface area contributed by atoms with Crippen molar-refractivity contribution in [1.82, 2.24) is 0 Å². The van der Waals surface area contributed by atoms with Crippen LogP contribution >= 0.6 is 0 Å². The maximum atomic E-state index is 11.4. The number of ether oxygens (including phenoxy) is 2. The van der Waals surface area contributed by atoms with Crippen molar-refractivity contribution in [2.24, 2.45) is 5.92 Å². The minimum Gasteiger partial charge on any atom is -0.487 e. The van der Waals surface area contributed by atoms with E-state index in [0.29, 0.717) is 5.92 Å². The molecule has 0 aromatic heterocycles. The van der Waals surface area contributed by atoms with E-state index in [1.807, 2.05) is 0 Å². The molecule has 2 heterocycles. The van der Waals surface area contributed by atoms with E-state index in [-0.39, 0.29) is 29.3 Å². The Balaban J connectivity index is 1.73. The lowest BCUT2D eigenvalue weighted by atomic mass is 9.70. The van der Waals surface area contributed by atoms with E-state index in [9.17, 15) is 9.90 Å². The molecule has 0 bridgehead atoms. The van der Waals surface area contributed by atoms with E-state index in [2.05, 4.69) is 52.0 Å². The van der Waals surface area contributed by atoms with Crippen LogP contribution in [0.15, 0.2) is 42.5 Å². The van der Waals surface area contributed by atoms with E-state index in [0.717, 1.165) is 17.7 Å². The molecule has 2 aromatic rings. The molecule has 4 nitrogen and oxygen atoms in total. The molecule has 142 valence electrons. The quantitative estimate of drug-likeness (QED) is 0.802. The van der Waals surface area contributed by atoms with Gasteiger partial charge in [0.2, 0.25) is 0 Å². The Morgan fingerprint density at radius 3 is 2.67 bits per heavy atom. The fourth-order valence-electron chi connectivity index (χ4n) is 4.61. The summed E-state index contributed by atoms with van der Waals surface area (Å²) in [7, 11) is 0. The predicted octanol–water partition coefficient (Wildman–Crippen LogP) is 5.11. The molecule has 0 spiro atoms. The van der Waals surface area contributed by atoms with E-state index in [1.54, 1.807) is 18.2 Å². The maximum Gasteiger partial charge on any atom is 0.335 e. The average Bonchev–Trinajstić information content (AvgIpc) is 2.60. The number of carbonyl (C=O) groups is 1. The van der Waals surface area contributed by atoms with Crippen LogP contribution in [0.5, 0.6) is 5.75 Å². The average molecular weight is 366 g/mol. The van der Waals surface area contributed by atoms with Crippen molar-refractivity contribution in [3.8, 4) is 5.75 Å². The normalized spacial score (nSPS) is 28.6. The summed E-state index contributed by atoms with van der Waals surface area (Å²) in [4.78, 5) is 11.4. The Hall–Kier alpha value is -2.33. The van der Waals surface area contributed by atoms with Gasteiger partial charge in [-0.1, -0.05) is 29.8 Å². The van der Waals surface area contributed by atoms with Crippen LogP contribution < -0.4 is 4.74 Å².